The maximum absolute atomic E-state index is 11.8. The number of carbonyl (C=O) groups is 1. The van der Waals surface area contributed by atoms with Gasteiger partial charge in [0.2, 0.25) is 5.91 Å². The van der Waals surface area contributed by atoms with Gasteiger partial charge in [-0.15, -0.1) is 0 Å². The summed E-state index contributed by atoms with van der Waals surface area (Å²) in [4.78, 5) is 11.8. The molecule has 3 nitrogen and oxygen atoms in total. The summed E-state index contributed by atoms with van der Waals surface area (Å²) in [6, 6.07) is 0. The summed E-state index contributed by atoms with van der Waals surface area (Å²) >= 11 is 0. The molecule has 1 fully saturated rings. The fourth-order valence-electron chi connectivity index (χ4n) is 1.56. The molecule has 0 atom stereocenters. The zero-order valence-electron chi connectivity index (χ0n) is 10.1. The SMILES string of the molecule is CCC(C)(C)CNC(=O)C1CCOCC1. The van der Waals surface area contributed by atoms with Gasteiger partial charge >= 0.3 is 0 Å². The highest BCUT2D eigenvalue weighted by Gasteiger charge is 2.23. The summed E-state index contributed by atoms with van der Waals surface area (Å²) in [7, 11) is 0. The normalized spacial score (nSPS) is 18.9. The van der Waals surface area contributed by atoms with E-state index in [4.69, 9.17) is 4.74 Å². The second-order valence-electron chi connectivity index (χ2n) is 5.12. The van der Waals surface area contributed by atoms with Crippen molar-refractivity contribution in [2.45, 2.75) is 40.0 Å². The van der Waals surface area contributed by atoms with Crippen LogP contribution < -0.4 is 5.32 Å². The maximum Gasteiger partial charge on any atom is 0.223 e. The average molecular weight is 213 g/mol. The van der Waals surface area contributed by atoms with Gasteiger partial charge in [0.05, 0.1) is 0 Å². The molecule has 0 aromatic heterocycles. The molecule has 1 saturated heterocycles. The lowest BCUT2D eigenvalue weighted by Gasteiger charge is -2.26. The highest BCUT2D eigenvalue weighted by atomic mass is 16.5. The van der Waals surface area contributed by atoms with E-state index in [1.165, 1.54) is 0 Å². The monoisotopic (exact) mass is 213 g/mol. The molecular formula is C12H23NO2. The van der Waals surface area contributed by atoms with E-state index in [0.717, 1.165) is 39.0 Å². The molecule has 3 heteroatoms. The van der Waals surface area contributed by atoms with Crippen molar-refractivity contribution < 1.29 is 9.53 Å². The second kappa shape index (κ2) is 5.50. The fraction of sp³-hybridized carbons (Fsp3) is 0.917. The molecule has 1 heterocycles. The van der Waals surface area contributed by atoms with Crippen LogP contribution in [0.3, 0.4) is 0 Å². The van der Waals surface area contributed by atoms with Gasteiger partial charge in [-0.05, 0) is 24.7 Å². The third-order valence-electron chi connectivity index (χ3n) is 3.29. The van der Waals surface area contributed by atoms with Crippen molar-refractivity contribution in [1.82, 2.24) is 5.32 Å². The summed E-state index contributed by atoms with van der Waals surface area (Å²) in [5.74, 6) is 0.381. The zero-order valence-corrected chi connectivity index (χ0v) is 10.1. The quantitative estimate of drug-likeness (QED) is 0.775. The Morgan fingerprint density at radius 2 is 2.00 bits per heavy atom. The maximum atomic E-state index is 11.8. The highest BCUT2D eigenvalue weighted by molar-refractivity contribution is 5.78. The minimum atomic E-state index is 0.173. The van der Waals surface area contributed by atoms with Crippen LogP contribution in [0.15, 0.2) is 0 Å². The lowest BCUT2D eigenvalue weighted by Crippen LogP contribution is -2.39. The van der Waals surface area contributed by atoms with Crippen molar-refractivity contribution in [2.75, 3.05) is 19.8 Å². The molecule has 0 spiro atoms. The van der Waals surface area contributed by atoms with Crippen molar-refractivity contribution in [3.63, 3.8) is 0 Å². The lowest BCUT2D eigenvalue weighted by molar-refractivity contribution is -0.128. The first kappa shape index (κ1) is 12.5. The Bertz CT molecular complexity index is 208. The van der Waals surface area contributed by atoms with Gasteiger partial charge in [0.15, 0.2) is 0 Å². The van der Waals surface area contributed by atoms with Crippen molar-refractivity contribution in [2.24, 2.45) is 11.3 Å². The van der Waals surface area contributed by atoms with E-state index < -0.39 is 0 Å². The van der Waals surface area contributed by atoms with Crippen LogP contribution in [0.5, 0.6) is 0 Å². The second-order valence-corrected chi connectivity index (χ2v) is 5.12. The molecule has 1 rings (SSSR count). The number of nitrogens with one attached hydrogen (secondary N) is 1. The molecule has 0 radical (unpaired) electrons. The van der Waals surface area contributed by atoms with Crippen LogP contribution in [-0.2, 0) is 9.53 Å². The molecule has 0 aromatic rings. The molecule has 88 valence electrons. The Balaban J connectivity index is 2.28. The number of carbonyl (C=O) groups excluding carboxylic acids is 1. The Morgan fingerprint density at radius 3 is 2.53 bits per heavy atom. The van der Waals surface area contributed by atoms with E-state index in [-0.39, 0.29) is 17.2 Å². The number of hydrogen-bond acceptors (Lipinski definition) is 2. The van der Waals surface area contributed by atoms with Crippen LogP contribution in [0, 0.1) is 11.3 Å². The third-order valence-corrected chi connectivity index (χ3v) is 3.29. The molecule has 1 N–H and O–H groups in total. The number of rotatable bonds is 4. The Hall–Kier alpha value is -0.570. The molecule has 1 aliphatic heterocycles. The number of amides is 1. The van der Waals surface area contributed by atoms with Crippen molar-refractivity contribution in [3.05, 3.63) is 0 Å². The Morgan fingerprint density at radius 1 is 1.40 bits per heavy atom. The topological polar surface area (TPSA) is 38.3 Å². The van der Waals surface area contributed by atoms with Crippen LogP contribution >= 0.6 is 0 Å². The van der Waals surface area contributed by atoms with Crippen molar-refractivity contribution in [3.8, 4) is 0 Å². The standard InChI is InChI=1S/C12H23NO2/c1-4-12(2,3)9-13-11(14)10-5-7-15-8-6-10/h10H,4-9H2,1-3H3,(H,13,14). The number of ether oxygens (including phenoxy) is 1. The average Bonchev–Trinajstić information content (AvgIpc) is 2.27. The van der Waals surface area contributed by atoms with Crippen LogP contribution in [-0.4, -0.2) is 25.7 Å². The van der Waals surface area contributed by atoms with Gasteiger partial charge in [-0.2, -0.15) is 0 Å². The van der Waals surface area contributed by atoms with Crippen molar-refractivity contribution in [1.29, 1.82) is 0 Å². The number of hydrogen-bond donors (Lipinski definition) is 1. The Labute approximate surface area is 92.6 Å². The largest absolute Gasteiger partial charge is 0.381 e. The van der Waals surface area contributed by atoms with Gasteiger partial charge in [-0.1, -0.05) is 20.8 Å². The van der Waals surface area contributed by atoms with E-state index in [9.17, 15) is 4.79 Å². The first-order chi connectivity index (χ1) is 7.05. The molecule has 0 saturated carbocycles. The Kier molecular flexibility index (Phi) is 4.58. The molecule has 0 unspecified atom stereocenters. The van der Waals surface area contributed by atoms with Crippen LogP contribution in [0.1, 0.15) is 40.0 Å². The third kappa shape index (κ3) is 4.20. The highest BCUT2D eigenvalue weighted by Crippen LogP contribution is 2.19. The first-order valence-electron chi connectivity index (χ1n) is 5.90. The van der Waals surface area contributed by atoms with Crippen LogP contribution in [0.4, 0.5) is 0 Å². The fourth-order valence-corrected chi connectivity index (χ4v) is 1.56. The van der Waals surface area contributed by atoms with Gasteiger partial charge in [0, 0.05) is 25.7 Å². The van der Waals surface area contributed by atoms with Crippen LogP contribution in [0.2, 0.25) is 0 Å². The minimum absolute atomic E-state index is 0.173. The van der Waals surface area contributed by atoms with Gasteiger partial charge in [0.25, 0.3) is 0 Å². The molecule has 0 aromatic carbocycles. The van der Waals surface area contributed by atoms with Gasteiger partial charge in [-0.3, -0.25) is 4.79 Å². The van der Waals surface area contributed by atoms with Gasteiger partial charge < -0.3 is 10.1 Å². The molecule has 15 heavy (non-hydrogen) atoms. The van der Waals surface area contributed by atoms with E-state index in [2.05, 4.69) is 26.1 Å². The summed E-state index contributed by atoms with van der Waals surface area (Å²) in [6.07, 6.45) is 2.83. The molecule has 1 aliphatic rings. The predicted molar refractivity (Wildman–Crippen MR) is 60.6 cm³/mol. The molecular weight excluding hydrogens is 190 g/mol. The first-order valence-corrected chi connectivity index (χ1v) is 5.90. The van der Waals surface area contributed by atoms with E-state index in [1.807, 2.05) is 0 Å². The van der Waals surface area contributed by atoms with Gasteiger partial charge in [0.1, 0.15) is 0 Å². The molecule has 0 bridgehead atoms. The molecule has 0 aliphatic carbocycles. The minimum Gasteiger partial charge on any atom is -0.381 e. The smallest absolute Gasteiger partial charge is 0.223 e. The van der Waals surface area contributed by atoms with Gasteiger partial charge in [-0.25, -0.2) is 0 Å². The van der Waals surface area contributed by atoms with E-state index >= 15 is 0 Å². The van der Waals surface area contributed by atoms with E-state index in [0.29, 0.717) is 0 Å². The summed E-state index contributed by atoms with van der Waals surface area (Å²) in [5.41, 5.74) is 0.209. The summed E-state index contributed by atoms with van der Waals surface area (Å²) < 4.78 is 5.24. The van der Waals surface area contributed by atoms with E-state index in [1.54, 1.807) is 0 Å². The van der Waals surface area contributed by atoms with Crippen molar-refractivity contribution >= 4 is 5.91 Å². The predicted octanol–water partition coefficient (Wildman–Crippen LogP) is 1.97. The zero-order chi connectivity index (χ0) is 11.3. The van der Waals surface area contributed by atoms with Crippen LogP contribution in [0.25, 0.3) is 0 Å². The lowest BCUT2D eigenvalue weighted by atomic mass is 9.90. The molecule has 1 amide bonds. The summed E-state index contributed by atoms with van der Waals surface area (Å²) in [6.45, 7) is 8.75. The summed E-state index contributed by atoms with van der Waals surface area (Å²) in [5, 5.41) is 3.05.